The van der Waals surface area contributed by atoms with Gasteiger partial charge < -0.3 is 19.4 Å². The molecule has 0 radical (unpaired) electrons. The fourth-order valence-electron chi connectivity index (χ4n) is 3.31. The van der Waals surface area contributed by atoms with Gasteiger partial charge in [0.1, 0.15) is 13.2 Å². The van der Waals surface area contributed by atoms with Crippen LogP contribution in [0.15, 0.2) is 35.3 Å². The fraction of sp³-hybridized carbons (Fsp3) is 0.353. The summed E-state index contributed by atoms with van der Waals surface area (Å²) >= 11 is 0. The topological polar surface area (TPSA) is 84.5 Å². The molecule has 7 nitrogen and oxygen atoms in total. The van der Waals surface area contributed by atoms with Gasteiger partial charge in [0.25, 0.3) is 5.91 Å². The number of ether oxygens (including phenoxy) is 2. The van der Waals surface area contributed by atoms with Crippen LogP contribution in [-0.4, -0.2) is 40.5 Å². The van der Waals surface area contributed by atoms with Crippen LogP contribution in [-0.2, 0) is 0 Å². The molecule has 3 heterocycles. The number of H-pyrrole nitrogens is 1. The maximum absolute atomic E-state index is 13.1. The lowest BCUT2D eigenvalue weighted by molar-refractivity contribution is 0.0722. The number of benzene rings is 1. The van der Waals surface area contributed by atoms with E-state index in [2.05, 4.69) is 9.97 Å². The highest BCUT2D eigenvalue weighted by molar-refractivity contribution is 5.98. The van der Waals surface area contributed by atoms with Crippen molar-refractivity contribution in [3.8, 4) is 11.5 Å². The zero-order valence-corrected chi connectivity index (χ0v) is 13.0. The number of hydrogen-bond acceptors (Lipinski definition) is 5. The van der Waals surface area contributed by atoms with Crippen LogP contribution < -0.4 is 15.2 Å². The van der Waals surface area contributed by atoms with Crippen LogP contribution in [0.2, 0.25) is 0 Å². The van der Waals surface area contributed by atoms with Gasteiger partial charge in [0.15, 0.2) is 11.5 Å². The Labute approximate surface area is 138 Å². The molecule has 2 aromatic rings. The summed E-state index contributed by atoms with van der Waals surface area (Å²) < 4.78 is 11.2. The first-order valence-electron chi connectivity index (χ1n) is 7.99. The smallest absolute Gasteiger partial charge is 0.345 e. The van der Waals surface area contributed by atoms with Gasteiger partial charge in [0.2, 0.25) is 0 Å². The highest BCUT2D eigenvalue weighted by atomic mass is 16.6. The van der Waals surface area contributed by atoms with Crippen molar-refractivity contribution in [1.82, 2.24) is 14.9 Å². The average molecular weight is 327 g/mol. The maximum Gasteiger partial charge on any atom is 0.345 e. The normalized spacial score (nSPS) is 19.3. The summed E-state index contributed by atoms with van der Waals surface area (Å²) in [5, 5.41) is 0. The molecule has 1 N–H and O–H groups in total. The fourth-order valence-corrected chi connectivity index (χ4v) is 3.31. The van der Waals surface area contributed by atoms with Crippen molar-refractivity contribution in [1.29, 1.82) is 0 Å². The van der Waals surface area contributed by atoms with Crippen LogP contribution in [0, 0.1) is 0 Å². The Morgan fingerprint density at radius 1 is 1.25 bits per heavy atom. The number of carbonyl (C=O) groups excluding carboxylic acids is 1. The van der Waals surface area contributed by atoms with Gasteiger partial charge in [-0.1, -0.05) is 6.07 Å². The van der Waals surface area contributed by atoms with Crippen molar-refractivity contribution in [3.05, 3.63) is 52.2 Å². The number of aromatic nitrogens is 2. The van der Waals surface area contributed by atoms with E-state index in [1.165, 1.54) is 6.20 Å². The summed E-state index contributed by atoms with van der Waals surface area (Å²) in [7, 11) is 0. The number of para-hydroxylation sites is 1. The van der Waals surface area contributed by atoms with Crippen molar-refractivity contribution in [2.45, 2.75) is 18.9 Å². The van der Waals surface area contributed by atoms with Crippen molar-refractivity contribution in [3.63, 3.8) is 0 Å². The van der Waals surface area contributed by atoms with Gasteiger partial charge in [-0.2, -0.15) is 0 Å². The number of aromatic amines is 1. The van der Waals surface area contributed by atoms with E-state index in [0.29, 0.717) is 42.5 Å². The SMILES string of the molecule is O=C(c1cccc2c1OCCO2)N1CCC[C@@H]1c1ccnc(=O)[nH]1. The molecule has 1 aromatic carbocycles. The lowest BCUT2D eigenvalue weighted by atomic mass is 10.1. The number of likely N-dealkylation sites (tertiary alicyclic amines) is 1. The number of carbonyl (C=O) groups is 1. The van der Waals surface area contributed by atoms with Crippen molar-refractivity contribution >= 4 is 5.91 Å². The quantitative estimate of drug-likeness (QED) is 0.904. The average Bonchev–Trinajstić information content (AvgIpc) is 3.10. The Morgan fingerprint density at radius 3 is 3.00 bits per heavy atom. The zero-order chi connectivity index (χ0) is 16.5. The molecule has 0 aliphatic carbocycles. The number of hydrogen-bond donors (Lipinski definition) is 1. The van der Waals surface area contributed by atoms with Crippen LogP contribution in [0.25, 0.3) is 0 Å². The van der Waals surface area contributed by atoms with Gasteiger partial charge in [-0.3, -0.25) is 4.79 Å². The molecule has 1 saturated heterocycles. The molecule has 1 aromatic heterocycles. The molecule has 0 spiro atoms. The molecular formula is C17H17N3O4. The first-order chi connectivity index (χ1) is 11.7. The predicted molar refractivity (Wildman–Crippen MR) is 85.3 cm³/mol. The van der Waals surface area contributed by atoms with Crippen molar-refractivity contribution in [2.24, 2.45) is 0 Å². The van der Waals surface area contributed by atoms with E-state index >= 15 is 0 Å². The summed E-state index contributed by atoms with van der Waals surface area (Å²) in [6, 6.07) is 6.93. The second kappa shape index (κ2) is 5.99. The van der Waals surface area contributed by atoms with E-state index in [1.54, 1.807) is 29.2 Å². The van der Waals surface area contributed by atoms with Crippen molar-refractivity contribution in [2.75, 3.05) is 19.8 Å². The zero-order valence-electron chi connectivity index (χ0n) is 13.0. The molecule has 0 saturated carbocycles. The summed E-state index contributed by atoms with van der Waals surface area (Å²) in [6.07, 6.45) is 3.15. The van der Waals surface area contributed by atoms with E-state index in [9.17, 15) is 9.59 Å². The third kappa shape index (κ3) is 2.51. The first kappa shape index (κ1) is 14.7. The van der Waals surface area contributed by atoms with Crippen LogP contribution in [0.4, 0.5) is 0 Å². The molecule has 2 aliphatic heterocycles. The highest BCUT2D eigenvalue weighted by Gasteiger charge is 2.33. The van der Waals surface area contributed by atoms with E-state index in [0.717, 1.165) is 12.8 Å². The monoisotopic (exact) mass is 327 g/mol. The second-order valence-electron chi connectivity index (χ2n) is 5.82. The molecule has 0 bridgehead atoms. The number of nitrogens with zero attached hydrogens (tertiary/aromatic N) is 2. The Bertz CT molecular complexity index is 833. The molecule has 2 aliphatic rings. The Kier molecular flexibility index (Phi) is 3.68. The molecule has 1 amide bonds. The minimum atomic E-state index is -0.402. The molecule has 1 atom stereocenters. The third-order valence-corrected chi connectivity index (χ3v) is 4.37. The van der Waals surface area contributed by atoms with Gasteiger partial charge >= 0.3 is 5.69 Å². The molecule has 7 heteroatoms. The molecule has 0 unspecified atom stereocenters. The van der Waals surface area contributed by atoms with Gasteiger partial charge in [-0.25, -0.2) is 9.78 Å². The standard InChI is InChI=1S/C17H17N3O4/c21-16(11-3-1-5-14-15(11)24-10-9-23-14)20-8-2-4-13(20)12-6-7-18-17(22)19-12/h1,3,5-7,13H,2,4,8-10H2,(H,18,19,22)/t13-/m1/s1. The minimum absolute atomic E-state index is 0.113. The molecular weight excluding hydrogens is 310 g/mol. The molecule has 24 heavy (non-hydrogen) atoms. The van der Waals surface area contributed by atoms with Crippen LogP contribution in [0.1, 0.15) is 34.9 Å². The summed E-state index contributed by atoms with van der Waals surface area (Å²) in [6.45, 7) is 1.55. The second-order valence-corrected chi connectivity index (χ2v) is 5.82. The predicted octanol–water partition coefficient (Wildman–Crippen LogP) is 1.52. The van der Waals surface area contributed by atoms with Crippen LogP contribution >= 0.6 is 0 Å². The van der Waals surface area contributed by atoms with Gasteiger partial charge in [-0.15, -0.1) is 0 Å². The van der Waals surface area contributed by atoms with Crippen molar-refractivity contribution < 1.29 is 14.3 Å². The first-order valence-corrected chi connectivity index (χ1v) is 7.99. The largest absolute Gasteiger partial charge is 0.486 e. The molecule has 4 rings (SSSR count). The number of nitrogens with one attached hydrogen (secondary N) is 1. The summed E-state index contributed by atoms with van der Waals surface area (Å²) in [4.78, 5) is 32.7. The lowest BCUT2D eigenvalue weighted by Gasteiger charge is -2.27. The van der Waals surface area contributed by atoms with E-state index in [-0.39, 0.29) is 11.9 Å². The Morgan fingerprint density at radius 2 is 2.12 bits per heavy atom. The van der Waals surface area contributed by atoms with Gasteiger partial charge in [0, 0.05) is 18.4 Å². The van der Waals surface area contributed by atoms with E-state index in [4.69, 9.17) is 9.47 Å². The Hall–Kier alpha value is -2.83. The third-order valence-electron chi connectivity index (χ3n) is 4.37. The van der Waals surface area contributed by atoms with Crippen LogP contribution in [0.5, 0.6) is 11.5 Å². The highest BCUT2D eigenvalue weighted by Crippen LogP contribution is 2.37. The summed E-state index contributed by atoms with van der Waals surface area (Å²) in [5.41, 5.74) is 0.805. The van der Waals surface area contributed by atoms with Crippen LogP contribution in [0.3, 0.4) is 0 Å². The molecule has 1 fully saturated rings. The number of amides is 1. The number of fused-ring (bicyclic) bond motifs is 1. The van der Waals surface area contributed by atoms with Gasteiger partial charge in [-0.05, 0) is 31.0 Å². The maximum atomic E-state index is 13.1. The Balaban J connectivity index is 1.68. The minimum Gasteiger partial charge on any atom is -0.486 e. The van der Waals surface area contributed by atoms with E-state index in [1.807, 2.05) is 0 Å². The van der Waals surface area contributed by atoms with E-state index < -0.39 is 5.69 Å². The molecule has 124 valence electrons. The summed E-state index contributed by atoms with van der Waals surface area (Å²) in [5.74, 6) is 0.986. The lowest BCUT2D eigenvalue weighted by Crippen LogP contribution is -2.32. The van der Waals surface area contributed by atoms with Gasteiger partial charge in [0.05, 0.1) is 11.6 Å². The number of rotatable bonds is 2.